The zero-order valence-electron chi connectivity index (χ0n) is 24.4. The van der Waals surface area contributed by atoms with Gasteiger partial charge in [-0.25, -0.2) is 9.37 Å². The summed E-state index contributed by atoms with van der Waals surface area (Å²) in [4.78, 5) is 30.4. The smallest absolute Gasteiger partial charge is 0.257 e. The minimum absolute atomic E-state index is 0.0222. The molecule has 5 rings (SSSR count). The highest BCUT2D eigenvalue weighted by atomic mass is 32.2. The van der Waals surface area contributed by atoms with Crippen LogP contribution in [0.1, 0.15) is 71.7 Å². The number of aromatic nitrogens is 1. The fourth-order valence-electron chi connectivity index (χ4n) is 5.34. The van der Waals surface area contributed by atoms with Crippen molar-refractivity contribution < 1.29 is 28.2 Å². The van der Waals surface area contributed by atoms with Crippen molar-refractivity contribution in [2.45, 2.75) is 70.2 Å². The molecule has 2 fully saturated rings. The lowest BCUT2D eigenvalue weighted by atomic mass is 9.90. The van der Waals surface area contributed by atoms with Gasteiger partial charge in [-0.05, 0) is 80.7 Å². The Labute approximate surface area is 256 Å². The van der Waals surface area contributed by atoms with Gasteiger partial charge in [0.05, 0.1) is 18.4 Å². The van der Waals surface area contributed by atoms with Crippen molar-refractivity contribution in [2.75, 3.05) is 18.1 Å². The summed E-state index contributed by atoms with van der Waals surface area (Å²) in [5.41, 5.74) is 1.62. The maximum atomic E-state index is 14.0. The normalized spacial score (nSPS) is 18.8. The van der Waals surface area contributed by atoms with E-state index in [9.17, 15) is 14.0 Å². The largest absolute Gasteiger partial charge is 0.493 e. The number of amides is 2. The van der Waals surface area contributed by atoms with E-state index >= 15 is 0 Å². The summed E-state index contributed by atoms with van der Waals surface area (Å²) in [6.45, 7) is 2.71. The molecule has 1 aliphatic heterocycles. The summed E-state index contributed by atoms with van der Waals surface area (Å²) in [6, 6.07) is 16.2. The second-order valence-electron chi connectivity index (χ2n) is 10.8. The topological polar surface area (TPSA) is 98.8 Å². The van der Waals surface area contributed by atoms with Crippen LogP contribution in [0.5, 0.6) is 17.4 Å². The minimum atomic E-state index is -0.578. The van der Waals surface area contributed by atoms with Crippen molar-refractivity contribution in [1.82, 2.24) is 15.6 Å². The first-order valence-corrected chi connectivity index (χ1v) is 16.1. The van der Waals surface area contributed by atoms with Crippen LogP contribution in [0, 0.1) is 5.82 Å². The minimum Gasteiger partial charge on any atom is -0.493 e. The monoisotopic (exact) mass is 607 g/mol. The van der Waals surface area contributed by atoms with Gasteiger partial charge in [-0.2, -0.15) is 11.8 Å². The number of pyridine rings is 1. The number of nitrogens with one attached hydrogen (secondary N) is 2. The Morgan fingerprint density at radius 1 is 0.884 bits per heavy atom. The molecule has 1 aliphatic carbocycles. The lowest BCUT2D eigenvalue weighted by Gasteiger charge is -2.30. The molecule has 2 heterocycles. The summed E-state index contributed by atoms with van der Waals surface area (Å²) in [7, 11) is 0. The molecule has 0 atom stereocenters. The van der Waals surface area contributed by atoms with E-state index in [2.05, 4.69) is 15.6 Å². The molecule has 0 radical (unpaired) electrons. The molecule has 2 aliphatic rings. The van der Waals surface area contributed by atoms with Crippen molar-refractivity contribution in [3.63, 3.8) is 0 Å². The average molecular weight is 608 g/mol. The number of rotatable bonds is 11. The Bertz CT molecular complexity index is 1380. The van der Waals surface area contributed by atoms with Crippen LogP contribution in [-0.2, 0) is 6.61 Å². The van der Waals surface area contributed by atoms with Crippen molar-refractivity contribution >= 4 is 23.6 Å². The lowest BCUT2D eigenvalue weighted by Crippen LogP contribution is -2.44. The highest BCUT2D eigenvalue weighted by Crippen LogP contribution is 2.28. The summed E-state index contributed by atoms with van der Waals surface area (Å²) < 4.78 is 31.7. The zero-order chi connectivity index (χ0) is 30.0. The molecule has 0 spiro atoms. The summed E-state index contributed by atoms with van der Waals surface area (Å²) in [6.07, 6.45) is 5.57. The number of halogens is 1. The average Bonchev–Trinajstić information content (AvgIpc) is 3.03. The van der Waals surface area contributed by atoms with Crippen molar-refractivity contribution in [3.05, 3.63) is 83.3 Å². The number of benzene rings is 2. The van der Waals surface area contributed by atoms with Gasteiger partial charge in [0.25, 0.3) is 11.8 Å². The van der Waals surface area contributed by atoms with Gasteiger partial charge in [0.2, 0.25) is 5.88 Å². The summed E-state index contributed by atoms with van der Waals surface area (Å²) in [5.74, 6) is 2.09. The van der Waals surface area contributed by atoms with E-state index in [-0.39, 0.29) is 35.5 Å². The van der Waals surface area contributed by atoms with E-state index in [0.29, 0.717) is 56.0 Å². The van der Waals surface area contributed by atoms with E-state index in [0.717, 1.165) is 36.1 Å². The van der Waals surface area contributed by atoms with Crippen LogP contribution < -0.4 is 24.8 Å². The van der Waals surface area contributed by atoms with Gasteiger partial charge in [0.15, 0.2) is 0 Å². The van der Waals surface area contributed by atoms with Crippen LogP contribution in [-0.4, -0.2) is 53.1 Å². The third-order valence-electron chi connectivity index (χ3n) is 7.65. The molecule has 0 bridgehead atoms. The molecular weight excluding hydrogens is 569 g/mol. The first-order valence-electron chi connectivity index (χ1n) is 14.9. The Hall–Kier alpha value is -3.79. The number of carbonyl (C=O) groups excluding carboxylic acids is 2. The number of thioether (sulfide) groups is 1. The SMILES string of the molecule is CCOc1cc(OCc2ccccc2)ccc1C(=O)NC1CCC(NC(=O)c2cc(F)cnc2OC2CCSCC2)CC1. The molecule has 1 aromatic heterocycles. The maximum Gasteiger partial charge on any atom is 0.257 e. The number of hydrogen-bond acceptors (Lipinski definition) is 7. The Morgan fingerprint density at radius 2 is 1.56 bits per heavy atom. The van der Waals surface area contributed by atoms with Gasteiger partial charge in [0, 0.05) is 18.2 Å². The van der Waals surface area contributed by atoms with Crippen LogP contribution in [0.2, 0.25) is 0 Å². The second-order valence-corrected chi connectivity index (χ2v) is 12.0. The fraction of sp³-hybridized carbons (Fsp3) is 0.424. The maximum absolute atomic E-state index is 14.0. The van der Waals surface area contributed by atoms with E-state index in [1.165, 1.54) is 6.07 Å². The number of hydrogen-bond donors (Lipinski definition) is 2. The molecule has 2 N–H and O–H groups in total. The second kappa shape index (κ2) is 15.1. The third kappa shape index (κ3) is 8.63. The molecule has 2 aromatic carbocycles. The van der Waals surface area contributed by atoms with Gasteiger partial charge >= 0.3 is 0 Å². The van der Waals surface area contributed by atoms with E-state index in [4.69, 9.17) is 14.2 Å². The molecule has 43 heavy (non-hydrogen) atoms. The van der Waals surface area contributed by atoms with Crippen LogP contribution in [0.25, 0.3) is 0 Å². The Morgan fingerprint density at radius 3 is 2.23 bits per heavy atom. The van der Waals surface area contributed by atoms with Crippen LogP contribution in [0.4, 0.5) is 4.39 Å². The Kier molecular flexibility index (Phi) is 10.8. The van der Waals surface area contributed by atoms with Gasteiger partial charge in [-0.3, -0.25) is 9.59 Å². The summed E-state index contributed by atoms with van der Waals surface area (Å²) in [5, 5.41) is 6.15. The quantitative estimate of drug-likeness (QED) is 0.278. The van der Waals surface area contributed by atoms with Gasteiger partial charge < -0.3 is 24.8 Å². The number of nitrogens with zero attached hydrogens (tertiary/aromatic N) is 1. The van der Waals surface area contributed by atoms with Crippen LogP contribution in [0.3, 0.4) is 0 Å². The molecule has 0 unspecified atom stereocenters. The fourth-order valence-corrected chi connectivity index (χ4v) is 6.40. The molecule has 1 saturated heterocycles. The number of carbonyl (C=O) groups is 2. The molecular formula is C33H38FN3O5S. The highest BCUT2D eigenvalue weighted by molar-refractivity contribution is 7.99. The van der Waals surface area contributed by atoms with Crippen LogP contribution in [0.15, 0.2) is 60.8 Å². The predicted molar refractivity (Wildman–Crippen MR) is 165 cm³/mol. The molecule has 3 aromatic rings. The zero-order valence-corrected chi connectivity index (χ0v) is 25.2. The first-order chi connectivity index (χ1) is 21.0. The molecule has 2 amide bonds. The van der Waals surface area contributed by atoms with Gasteiger partial charge in [0.1, 0.15) is 35.6 Å². The molecule has 10 heteroatoms. The van der Waals surface area contributed by atoms with Crippen molar-refractivity contribution in [1.29, 1.82) is 0 Å². The predicted octanol–water partition coefficient (Wildman–Crippen LogP) is 5.94. The van der Waals surface area contributed by atoms with E-state index in [1.54, 1.807) is 18.2 Å². The highest BCUT2D eigenvalue weighted by Gasteiger charge is 2.27. The van der Waals surface area contributed by atoms with Gasteiger partial charge in [-0.15, -0.1) is 0 Å². The lowest BCUT2D eigenvalue weighted by molar-refractivity contribution is 0.0884. The van der Waals surface area contributed by atoms with Crippen molar-refractivity contribution in [3.8, 4) is 17.4 Å². The number of ether oxygens (including phenoxy) is 3. The third-order valence-corrected chi connectivity index (χ3v) is 8.70. The molecule has 8 nitrogen and oxygen atoms in total. The van der Waals surface area contributed by atoms with E-state index in [1.807, 2.05) is 49.0 Å². The summed E-state index contributed by atoms with van der Waals surface area (Å²) >= 11 is 1.87. The van der Waals surface area contributed by atoms with Crippen molar-refractivity contribution in [2.24, 2.45) is 0 Å². The van der Waals surface area contributed by atoms with Crippen LogP contribution >= 0.6 is 11.8 Å². The first kappa shape index (κ1) is 30.7. The standard InChI is InChI=1S/C33H38FN3O5S/c1-2-40-30-19-27(41-21-22-6-4-3-5-7-22)12-13-28(30)31(38)36-24-8-10-25(11-9-24)37-32(39)29-18-23(34)20-35-33(29)42-26-14-16-43-17-15-26/h3-7,12-13,18-20,24-26H,2,8-11,14-17,21H2,1H3,(H,36,38)(H,37,39). The van der Waals surface area contributed by atoms with E-state index < -0.39 is 11.7 Å². The molecule has 228 valence electrons. The Balaban J connectivity index is 1.13. The molecule has 1 saturated carbocycles. The van der Waals surface area contributed by atoms with Gasteiger partial charge in [-0.1, -0.05) is 30.3 Å².